The fourth-order valence-electron chi connectivity index (χ4n) is 3.37. The van der Waals surface area contributed by atoms with Gasteiger partial charge >= 0.3 is 0 Å². The number of aromatic nitrogens is 1. The number of benzene rings is 1. The molecule has 4 rings (SSSR count). The highest BCUT2D eigenvalue weighted by atomic mass is 16.5. The first-order chi connectivity index (χ1) is 11.7. The maximum absolute atomic E-state index is 12.7. The summed E-state index contributed by atoms with van der Waals surface area (Å²) in [5.74, 6) is 1.77. The summed E-state index contributed by atoms with van der Waals surface area (Å²) in [6.07, 6.45) is 0.306. The van der Waals surface area contributed by atoms with E-state index in [9.17, 15) is 4.79 Å². The highest BCUT2D eigenvalue weighted by Crippen LogP contribution is 2.29. The molecule has 1 saturated heterocycles. The lowest BCUT2D eigenvalue weighted by atomic mass is 10.1. The SMILES string of the molecule is Cc1cc(CN2CCN(C(=O)C3Cc4ccccc4O3)CC2)no1. The molecule has 2 aliphatic heterocycles. The molecule has 0 saturated carbocycles. The maximum atomic E-state index is 12.7. The molecule has 0 bridgehead atoms. The predicted octanol–water partition coefficient (Wildman–Crippen LogP) is 1.63. The lowest BCUT2D eigenvalue weighted by Gasteiger charge is -2.35. The molecule has 1 aromatic heterocycles. The Morgan fingerprint density at radius 3 is 2.75 bits per heavy atom. The molecule has 1 fully saturated rings. The predicted molar refractivity (Wildman–Crippen MR) is 87.7 cm³/mol. The van der Waals surface area contributed by atoms with Crippen LogP contribution < -0.4 is 4.74 Å². The number of carbonyl (C=O) groups is 1. The minimum atomic E-state index is -0.368. The van der Waals surface area contributed by atoms with Crippen LogP contribution in [-0.4, -0.2) is 53.1 Å². The molecule has 1 aromatic carbocycles. The summed E-state index contributed by atoms with van der Waals surface area (Å²) >= 11 is 0. The molecule has 2 aliphatic rings. The van der Waals surface area contributed by atoms with Crippen molar-refractivity contribution in [3.05, 3.63) is 47.3 Å². The van der Waals surface area contributed by atoms with E-state index in [0.29, 0.717) is 6.42 Å². The Hall–Kier alpha value is -2.34. The molecule has 1 atom stereocenters. The van der Waals surface area contributed by atoms with Crippen LogP contribution in [0.2, 0.25) is 0 Å². The summed E-state index contributed by atoms with van der Waals surface area (Å²) in [4.78, 5) is 16.9. The van der Waals surface area contributed by atoms with E-state index >= 15 is 0 Å². The monoisotopic (exact) mass is 327 g/mol. The smallest absolute Gasteiger partial charge is 0.264 e. The Bertz CT molecular complexity index is 710. The number of piperazine rings is 1. The van der Waals surface area contributed by atoms with E-state index in [1.54, 1.807) is 0 Å². The van der Waals surface area contributed by atoms with Crippen molar-refractivity contribution in [1.82, 2.24) is 15.0 Å². The lowest BCUT2D eigenvalue weighted by molar-refractivity contribution is -0.139. The molecular formula is C18H21N3O3. The molecule has 0 radical (unpaired) electrons. The minimum Gasteiger partial charge on any atom is -0.480 e. The summed E-state index contributed by atoms with van der Waals surface area (Å²) in [6.45, 7) is 5.81. The first kappa shape index (κ1) is 15.2. The van der Waals surface area contributed by atoms with Gasteiger partial charge in [0.25, 0.3) is 5.91 Å². The van der Waals surface area contributed by atoms with E-state index in [-0.39, 0.29) is 12.0 Å². The van der Waals surface area contributed by atoms with E-state index in [4.69, 9.17) is 9.26 Å². The summed E-state index contributed by atoms with van der Waals surface area (Å²) < 4.78 is 10.9. The van der Waals surface area contributed by atoms with Gasteiger partial charge in [0.05, 0.1) is 5.69 Å². The highest BCUT2D eigenvalue weighted by molar-refractivity contribution is 5.82. The number of aryl methyl sites for hydroxylation is 1. The number of nitrogens with zero attached hydrogens (tertiary/aromatic N) is 3. The van der Waals surface area contributed by atoms with Crippen molar-refractivity contribution < 1.29 is 14.1 Å². The fourth-order valence-corrected chi connectivity index (χ4v) is 3.37. The second-order valence-electron chi connectivity index (χ2n) is 6.45. The van der Waals surface area contributed by atoms with Crippen LogP contribution in [0.15, 0.2) is 34.9 Å². The standard InChI is InChI=1S/C18H21N3O3/c1-13-10-15(19-24-13)12-20-6-8-21(9-7-20)18(22)17-11-14-4-2-3-5-16(14)23-17/h2-5,10,17H,6-9,11-12H2,1H3. The van der Waals surface area contributed by atoms with Gasteiger partial charge in [0.15, 0.2) is 6.10 Å². The molecule has 1 unspecified atom stereocenters. The Kier molecular flexibility index (Phi) is 3.98. The van der Waals surface area contributed by atoms with Crippen LogP contribution >= 0.6 is 0 Å². The summed E-state index contributed by atoms with van der Waals surface area (Å²) in [6, 6.07) is 9.84. The zero-order valence-corrected chi connectivity index (χ0v) is 13.8. The number of ether oxygens (including phenoxy) is 1. The van der Waals surface area contributed by atoms with Crippen LogP contribution in [-0.2, 0) is 17.8 Å². The average Bonchev–Trinajstić information content (AvgIpc) is 3.21. The highest BCUT2D eigenvalue weighted by Gasteiger charge is 2.33. The second-order valence-corrected chi connectivity index (χ2v) is 6.45. The van der Waals surface area contributed by atoms with Gasteiger partial charge < -0.3 is 14.2 Å². The average molecular weight is 327 g/mol. The number of hydrogen-bond acceptors (Lipinski definition) is 5. The summed E-state index contributed by atoms with van der Waals surface area (Å²) in [5.41, 5.74) is 2.07. The van der Waals surface area contributed by atoms with Gasteiger partial charge in [-0.1, -0.05) is 23.4 Å². The summed E-state index contributed by atoms with van der Waals surface area (Å²) in [5, 5.41) is 4.03. The van der Waals surface area contributed by atoms with E-state index < -0.39 is 0 Å². The molecular weight excluding hydrogens is 306 g/mol. The van der Waals surface area contributed by atoms with Crippen molar-refractivity contribution in [3.63, 3.8) is 0 Å². The zero-order chi connectivity index (χ0) is 16.5. The van der Waals surface area contributed by atoms with E-state index in [0.717, 1.165) is 55.5 Å². The Labute approximate surface area is 141 Å². The number of rotatable bonds is 3. The van der Waals surface area contributed by atoms with Gasteiger partial charge in [0, 0.05) is 45.2 Å². The lowest BCUT2D eigenvalue weighted by Crippen LogP contribution is -2.51. The van der Waals surface area contributed by atoms with E-state index in [2.05, 4.69) is 10.1 Å². The van der Waals surface area contributed by atoms with Crippen LogP contribution in [0.1, 0.15) is 17.0 Å². The van der Waals surface area contributed by atoms with Crippen molar-refractivity contribution in [2.45, 2.75) is 26.0 Å². The molecule has 0 spiro atoms. The number of para-hydroxylation sites is 1. The van der Waals surface area contributed by atoms with Gasteiger partial charge in [-0.3, -0.25) is 9.69 Å². The van der Waals surface area contributed by atoms with Crippen molar-refractivity contribution in [2.24, 2.45) is 0 Å². The molecule has 24 heavy (non-hydrogen) atoms. The molecule has 0 aliphatic carbocycles. The van der Waals surface area contributed by atoms with Crippen LogP contribution in [0.4, 0.5) is 0 Å². The van der Waals surface area contributed by atoms with Crippen LogP contribution in [0.25, 0.3) is 0 Å². The number of carbonyl (C=O) groups excluding carboxylic acids is 1. The largest absolute Gasteiger partial charge is 0.480 e. The van der Waals surface area contributed by atoms with E-state index in [1.165, 1.54) is 0 Å². The molecule has 1 amide bonds. The third-order valence-electron chi connectivity index (χ3n) is 4.67. The van der Waals surface area contributed by atoms with Crippen molar-refractivity contribution in [1.29, 1.82) is 0 Å². The Balaban J connectivity index is 1.31. The third kappa shape index (κ3) is 3.01. The first-order valence-electron chi connectivity index (χ1n) is 8.37. The van der Waals surface area contributed by atoms with Crippen molar-refractivity contribution in [2.75, 3.05) is 26.2 Å². The Morgan fingerprint density at radius 2 is 2.04 bits per heavy atom. The van der Waals surface area contributed by atoms with Gasteiger partial charge in [-0.2, -0.15) is 0 Å². The van der Waals surface area contributed by atoms with Gasteiger partial charge in [0.1, 0.15) is 11.5 Å². The molecule has 2 aromatic rings. The van der Waals surface area contributed by atoms with Gasteiger partial charge in [-0.15, -0.1) is 0 Å². The minimum absolute atomic E-state index is 0.100. The molecule has 6 heteroatoms. The van der Waals surface area contributed by atoms with Gasteiger partial charge in [-0.05, 0) is 18.6 Å². The van der Waals surface area contributed by atoms with Crippen LogP contribution in [0.5, 0.6) is 5.75 Å². The van der Waals surface area contributed by atoms with Crippen molar-refractivity contribution >= 4 is 5.91 Å². The number of fused-ring (bicyclic) bond motifs is 1. The maximum Gasteiger partial charge on any atom is 0.264 e. The van der Waals surface area contributed by atoms with Crippen LogP contribution in [0, 0.1) is 6.92 Å². The first-order valence-corrected chi connectivity index (χ1v) is 8.37. The topological polar surface area (TPSA) is 58.8 Å². The second kappa shape index (κ2) is 6.28. The van der Waals surface area contributed by atoms with Crippen LogP contribution in [0.3, 0.4) is 0 Å². The third-order valence-corrected chi connectivity index (χ3v) is 4.67. The fraction of sp³-hybridized carbons (Fsp3) is 0.444. The molecule has 3 heterocycles. The molecule has 126 valence electrons. The van der Waals surface area contributed by atoms with Gasteiger partial charge in [-0.25, -0.2) is 0 Å². The number of hydrogen-bond donors (Lipinski definition) is 0. The quantitative estimate of drug-likeness (QED) is 0.857. The van der Waals surface area contributed by atoms with Crippen molar-refractivity contribution in [3.8, 4) is 5.75 Å². The van der Waals surface area contributed by atoms with E-state index in [1.807, 2.05) is 42.2 Å². The van der Waals surface area contributed by atoms with Gasteiger partial charge in [0.2, 0.25) is 0 Å². The normalized spacial score (nSPS) is 20.7. The Morgan fingerprint density at radius 1 is 1.25 bits per heavy atom. The summed E-state index contributed by atoms with van der Waals surface area (Å²) in [7, 11) is 0. The molecule has 6 nitrogen and oxygen atoms in total. The zero-order valence-electron chi connectivity index (χ0n) is 13.8. The number of amides is 1. The molecule has 0 N–H and O–H groups in total.